The molecular weight excluding hydrogens is 91.5 g/mol. The van der Waals surface area contributed by atoms with E-state index in [9.17, 15) is 0 Å². The molecule has 0 heterocycles. The summed E-state index contributed by atoms with van der Waals surface area (Å²) < 4.78 is 3.91. The lowest BCUT2D eigenvalue weighted by Gasteiger charge is -1.80. The van der Waals surface area contributed by atoms with E-state index in [2.05, 4.69) is 16.2 Å². The minimum absolute atomic E-state index is 0.0104. The summed E-state index contributed by atoms with van der Waals surface area (Å²) in [4.78, 5) is 0. The number of hydrogen-bond donors (Lipinski definition) is 1. The summed E-state index contributed by atoms with van der Waals surface area (Å²) in [5.41, 5.74) is 0. The van der Waals surface area contributed by atoms with Gasteiger partial charge in [0.15, 0.2) is 0 Å². The van der Waals surface area contributed by atoms with Crippen molar-refractivity contribution in [3.8, 4) is 0 Å². The Morgan fingerprint density at radius 1 is 1.80 bits per heavy atom. The third-order valence-corrected chi connectivity index (χ3v) is 0.323. The van der Waals surface area contributed by atoms with Crippen molar-refractivity contribution in [2.45, 2.75) is 0 Å². The molecule has 32 valence electrons. The Balaban J connectivity index is 2.19. The second-order valence-corrected chi connectivity index (χ2v) is 0.755. The van der Waals surface area contributed by atoms with Gasteiger partial charge in [-0.15, -0.1) is 0 Å². The maximum atomic E-state index is 7.86. The van der Waals surface area contributed by atoms with Gasteiger partial charge in [0.1, 0.15) is 0 Å². The van der Waals surface area contributed by atoms with Crippen LogP contribution >= 0.6 is 11.9 Å². The smallest absolute Gasteiger partial charge is 0.0913 e. The second-order valence-electron chi connectivity index (χ2n) is 0.537. The maximum Gasteiger partial charge on any atom is 0.0913 e. The fourth-order valence-corrected chi connectivity index (χ4v) is 0.104. The predicted molar refractivity (Wildman–Crippen MR) is 18.9 cm³/mol. The van der Waals surface area contributed by atoms with Gasteiger partial charge in [0.05, 0.1) is 25.1 Å². The van der Waals surface area contributed by atoms with E-state index in [0.29, 0.717) is 0 Å². The quantitative estimate of drug-likeness (QED) is 0.530. The van der Waals surface area contributed by atoms with Gasteiger partial charge in [0, 0.05) is 0 Å². The molecule has 0 aliphatic rings. The van der Waals surface area contributed by atoms with Crippen LogP contribution in [0.5, 0.6) is 0 Å². The number of hydrogen-bond acceptors (Lipinski definition) is 2. The molecule has 5 heavy (non-hydrogen) atoms. The van der Waals surface area contributed by atoms with Gasteiger partial charge in [-0.05, 0) is 0 Å². The SMILES string of the molecule is OCCOCl. The number of aliphatic hydroxyl groups excluding tert-OH is 1. The van der Waals surface area contributed by atoms with Crippen molar-refractivity contribution in [1.29, 1.82) is 0 Å². The molecule has 0 fully saturated rings. The van der Waals surface area contributed by atoms with Crippen molar-refractivity contribution < 1.29 is 9.40 Å². The van der Waals surface area contributed by atoms with Crippen molar-refractivity contribution in [2.75, 3.05) is 13.2 Å². The van der Waals surface area contributed by atoms with E-state index in [-0.39, 0.29) is 13.2 Å². The van der Waals surface area contributed by atoms with Crippen LogP contribution in [-0.2, 0) is 4.29 Å². The van der Waals surface area contributed by atoms with Crippen molar-refractivity contribution in [1.82, 2.24) is 0 Å². The molecule has 0 radical (unpaired) electrons. The highest BCUT2D eigenvalue weighted by molar-refractivity contribution is 6.07. The van der Waals surface area contributed by atoms with E-state index in [4.69, 9.17) is 5.11 Å². The third kappa shape index (κ3) is 4.21. The first-order chi connectivity index (χ1) is 2.41. The molecule has 0 atom stereocenters. The molecule has 0 aromatic rings. The topological polar surface area (TPSA) is 29.5 Å². The van der Waals surface area contributed by atoms with Gasteiger partial charge >= 0.3 is 0 Å². The van der Waals surface area contributed by atoms with Crippen LogP contribution in [0.1, 0.15) is 0 Å². The minimum Gasteiger partial charge on any atom is -0.394 e. The van der Waals surface area contributed by atoms with Crippen molar-refractivity contribution >= 4 is 11.9 Å². The average Bonchev–Trinajstić information content (AvgIpc) is 1.41. The Labute approximate surface area is 35.5 Å². The fraction of sp³-hybridized carbons (Fsp3) is 1.00. The number of halogens is 1. The lowest BCUT2D eigenvalue weighted by molar-refractivity contribution is 0.212. The highest BCUT2D eigenvalue weighted by Gasteiger charge is 1.70. The van der Waals surface area contributed by atoms with E-state index < -0.39 is 0 Å². The minimum atomic E-state index is -0.0104. The first-order valence-electron chi connectivity index (χ1n) is 1.26. The van der Waals surface area contributed by atoms with Gasteiger partial charge < -0.3 is 5.11 Å². The summed E-state index contributed by atoms with van der Waals surface area (Å²) in [6.45, 7) is 0.199. The molecule has 3 heteroatoms. The standard InChI is InChI=1S/C2H5ClO2/c3-5-2-1-4/h4H,1-2H2. The van der Waals surface area contributed by atoms with E-state index >= 15 is 0 Å². The number of aliphatic hydroxyl groups is 1. The molecule has 2 nitrogen and oxygen atoms in total. The lowest BCUT2D eigenvalue weighted by atomic mass is 10.8. The van der Waals surface area contributed by atoms with Crippen LogP contribution in [0.2, 0.25) is 0 Å². The molecule has 1 N–H and O–H groups in total. The molecule has 0 aliphatic carbocycles. The number of rotatable bonds is 2. The molecule has 0 aliphatic heterocycles. The first-order valence-corrected chi connectivity index (χ1v) is 1.57. The Hall–Kier alpha value is 0.210. The molecule has 0 aromatic heterocycles. The summed E-state index contributed by atoms with van der Waals surface area (Å²) >= 11 is 4.64. The van der Waals surface area contributed by atoms with Gasteiger partial charge in [0.25, 0.3) is 0 Å². The third-order valence-electron chi connectivity index (χ3n) is 0.168. The summed E-state index contributed by atoms with van der Waals surface area (Å²) in [6, 6.07) is 0. The first kappa shape index (κ1) is 5.21. The fourth-order valence-electron chi connectivity index (χ4n) is 0.0345. The van der Waals surface area contributed by atoms with Crippen LogP contribution in [0.4, 0.5) is 0 Å². The Kier molecular flexibility index (Phi) is 4.39. The Bertz CT molecular complexity index is 15.1. The van der Waals surface area contributed by atoms with Gasteiger partial charge in [-0.2, -0.15) is 0 Å². The van der Waals surface area contributed by atoms with Crippen LogP contribution < -0.4 is 0 Å². The maximum absolute atomic E-state index is 7.86. The lowest BCUT2D eigenvalue weighted by Crippen LogP contribution is -1.87. The summed E-state index contributed by atoms with van der Waals surface area (Å²) in [5.74, 6) is 0. The van der Waals surface area contributed by atoms with Crippen LogP contribution in [0.3, 0.4) is 0 Å². The molecule has 0 amide bonds. The Morgan fingerprint density at radius 3 is 2.40 bits per heavy atom. The van der Waals surface area contributed by atoms with Gasteiger partial charge in [-0.1, -0.05) is 0 Å². The van der Waals surface area contributed by atoms with Crippen LogP contribution in [0.15, 0.2) is 0 Å². The van der Waals surface area contributed by atoms with Crippen LogP contribution in [0.25, 0.3) is 0 Å². The zero-order chi connectivity index (χ0) is 4.12. The zero-order valence-electron chi connectivity index (χ0n) is 2.65. The summed E-state index contributed by atoms with van der Waals surface area (Å²) in [6.07, 6.45) is 0. The van der Waals surface area contributed by atoms with Crippen LogP contribution in [-0.4, -0.2) is 18.3 Å². The zero-order valence-corrected chi connectivity index (χ0v) is 3.40. The summed E-state index contributed by atoms with van der Waals surface area (Å²) in [5, 5.41) is 7.86. The molecule has 0 saturated carbocycles. The average molecular weight is 96.5 g/mol. The van der Waals surface area contributed by atoms with Gasteiger partial charge in [-0.3, -0.25) is 4.29 Å². The van der Waals surface area contributed by atoms with Crippen LogP contribution in [0, 0.1) is 0 Å². The Morgan fingerprint density at radius 2 is 2.40 bits per heavy atom. The second kappa shape index (κ2) is 4.21. The molecule has 0 unspecified atom stereocenters. The predicted octanol–water partition coefficient (Wildman–Crippen LogP) is 0.149. The van der Waals surface area contributed by atoms with E-state index in [0.717, 1.165) is 0 Å². The van der Waals surface area contributed by atoms with Crippen molar-refractivity contribution in [2.24, 2.45) is 0 Å². The molecular formula is C2H5ClO2. The van der Waals surface area contributed by atoms with Crippen molar-refractivity contribution in [3.05, 3.63) is 0 Å². The molecule has 0 spiro atoms. The van der Waals surface area contributed by atoms with Gasteiger partial charge in [-0.25, -0.2) is 0 Å². The molecule has 0 rings (SSSR count). The van der Waals surface area contributed by atoms with E-state index in [1.807, 2.05) is 0 Å². The molecule has 0 aromatic carbocycles. The highest BCUT2D eigenvalue weighted by Crippen LogP contribution is 1.72. The van der Waals surface area contributed by atoms with Crippen molar-refractivity contribution in [3.63, 3.8) is 0 Å². The largest absolute Gasteiger partial charge is 0.394 e. The van der Waals surface area contributed by atoms with Gasteiger partial charge in [0.2, 0.25) is 0 Å². The highest BCUT2D eigenvalue weighted by atomic mass is 35.5. The molecule has 0 bridgehead atoms. The van der Waals surface area contributed by atoms with E-state index in [1.165, 1.54) is 0 Å². The molecule has 0 saturated heterocycles. The van der Waals surface area contributed by atoms with E-state index in [1.54, 1.807) is 0 Å². The monoisotopic (exact) mass is 96.0 g/mol. The summed E-state index contributed by atoms with van der Waals surface area (Å²) in [7, 11) is 0. The normalized spacial score (nSPS) is 8.40.